The average Bonchev–Trinajstić information content (AvgIpc) is 1.89. The Labute approximate surface area is 72.5 Å². The van der Waals surface area contributed by atoms with E-state index in [1.165, 1.54) is 0 Å². The second-order valence-electron chi connectivity index (χ2n) is 2.32. The summed E-state index contributed by atoms with van der Waals surface area (Å²) >= 11 is -0.585. The molecule has 0 aliphatic rings. The minimum absolute atomic E-state index is 0.0588. The Kier molecular flexibility index (Phi) is 6.20. The van der Waals surface area contributed by atoms with Crippen LogP contribution in [-0.4, -0.2) is 32.7 Å². The quantitative estimate of drug-likeness (QED) is 0.754. The maximum atomic E-state index is 10.5. The van der Waals surface area contributed by atoms with Gasteiger partial charge in [-0.3, -0.25) is 0 Å². The first-order valence-corrected chi connectivity index (χ1v) is 8.12. The molecular weight excluding hydrogens is 238 g/mol. The van der Waals surface area contributed by atoms with Crippen molar-refractivity contribution in [1.29, 1.82) is 0 Å². The van der Waals surface area contributed by atoms with Crippen LogP contribution >= 0.6 is 0 Å². The van der Waals surface area contributed by atoms with Crippen LogP contribution in [-0.2, 0) is 4.79 Å². The molecule has 3 heteroatoms. The fourth-order valence-corrected chi connectivity index (χ4v) is 2.91. The van der Waals surface area contributed by atoms with Gasteiger partial charge in [0, 0.05) is 0 Å². The van der Waals surface area contributed by atoms with E-state index >= 15 is 0 Å². The van der Waals surface area contributed by atoms with Crippen LogP contribution in [0, 0.1) is 0 Å². The Morgan fingerprint density at radius 3 is 2.60 bits per heavy atom. The Morgan fingerprint density at radius 1 is 1.70 bits per heavy atom. The predicted octanol–water partition coefficient (Wildman–Crippen LogP) is 1.53. The molecule has 0 aromatic carbocycles. The molecule has 0 aliphatic carbocycles. The summed E-state index contributed by atoms with van der Waals surface area (Å²) in [6.07, 6.45) is 3.10. The zero-order valence-electron chi connectivity index (χ0n) is 6.55. The second kappa shape index (κ2) is 6.03. The van der Waals surface area contributed by atoms with Crippen molar-refractivity contribution in [2.75, 3.05) is 0 Å². The first-order chi connectivity index (χ1) is 4.72. The van der Waals surface area contributed by atoms with E-state index in [1.54, 1.807) is 0 Å². The fourth-order valence-electron chi connectivity index (χ4n) is 0.800. The molecule has 0 aliphatic heterocycles. The average molecular weight is 253 g/mol. The number of carbonyl (C=O) groups is 1. The van der Waals surface area contributed by atoms with E-state index in [2.05, 4.69) is 11.8 Å². The van der Waals surface area contributed by atoms with Crippen molar-refractivity contribution in [2.24, 2.45) is 0 Å². The van der Waals surface area contributed by atoms with E-state index in [-0.39, 0.29) is 3.86 Å². The van der Waals surface area contributed by atoms with E-state index in [0.717, 1.165) is 19.3 Å². The van der Waals surface area contributed by atoms with Gasteiger partial charge in [-0.25, -0.2) is 0 Å². The van der Waals surface area contributed by atoms with Gasteiger partial charge >= 0.3 is 72.4 Å². The van der Waals surface area contributed by atoms with Crippen molar-refractivity contribution in [3.05, 3.63) is 0 Å². The van der Waals surface area contributed by atoms with Crippen LogP contribution in [0.25, 0.3) is 0 Å². The Hall–Kier alpha value is 0.288. The summed E-state index contributed by atoms with van der Waals surface area (Å²) in [4.78, 5) is 12.6. The summed E-state index contributed by atoms with van der Waals surface area (Å²) in [5, 5.41) is 8.64. The zero-order valence-corrected chi connectivity index (χ0v) is 9.41. The van der Waals surface area contributed by atoms with Crippen LogP contribution in [0.3, 0.4) is 0 Å². The van der Waals surface area contributed by atoms with E-state index in [0.29, 0.717) is 0 Å². The molecule has 1 unspecified atom stereocenters. The molecule has 0 spiro atoms. The SMILES string of the molecule is CCCC[CH]([SbH][CH3])C(=O)O. The van der Waals surface area contributed by atoms with Gasteiger partial charge in [-0.1, -0.05) is 0 Å². The number of carboxylic acid groups (broad SMARTS) is 1. The zero-order chi connectivity index (χ0) is 7.98. The van der Waals surface area contributed by atoms with Crippen LogP contribution < -0.4 is 0 Å². The molecule has 60 valence electrons. The number of unbranched alkanes of at least 4 members (excludes halogenated alkanes) is 1. The van der Waals surface area contributed by atoms with Crippen LogP contribution in [0.4, 0.5) is 0 Å². The number of aliphatic carboxylic acids is 1. The fraction of sp³-hybridized carbons (Fsp3) is 0.857. The third kappa shape index (κ3) is 4.16. The van der Waals surface area contributed by atoms with Gasteiger partial charge < -0.3 is 0 Å². The Bertz CT molecular complexity index is 104. The molecule has 0 saturated carbocycles. The van der Waals surface area contributed by atoms with Crippen molar-refractivity contribution >= 4 is 27.6 Å². The molecule has 0 aromatic heterocycles. The topological polar surface area (TPSA) is 37.3 Å². The van der Waals surface area contributed by atoms with Crippen molar-refractivity contribution in [3.63, 3.8) is 0 Å². The molecule has 2 nitrogen and oxygen atoms in total. The van der Waals surface area contributed by atoms with E-state index in [4.69, 9.17) is 5.11 Å². The molecule has 1 atom stereocenters. The summed E-state index contributed by atoms with van der Waals surface area (Å²) in [5.41, 5.74) is 0. The Morgan fingerprint density at radius 2 is 2.30 bits per heavy atom. The third-order valence-electron chi connectivity index (χ3n) is 1.49. The van der Waals surface area contributed by atoms with E-state index < -0.39 is 27.6 Å². The molecule has 0 radical (unpaired) electrons. The summed E-state index contributed by atoms with van der Waals surface area (Å²) < 4.78 is 0.0588. The summed E-state index contributed by atoms with van der Waals surface area (Å²) in [5.74, 6) is -0.567. The molecule has 0 bridgehead atoms. The monoisotopic (exact) mass is 252 g/mol. The number of hydrogen-bond donors (Lipinski definition) is 1. The predicted molar refractivity (Wildman–Crippen MR) is 43.9 cm³/mol. The maximum absolute atomic E-state index is 10.5. The van der Waals surface area contributed by atoms with Gasteiger partial charge in [-0.15, -0.1) is 0 Å². The summed E-state index contributed by atoms with van der Waals surface area (Å²) in [6, 6.07) is 0. The van der Waals surface area contributed by atoms with Gasteiger partial charge in [0.05, 0.1) is 0 Å². The standard InChI is InChI=1S/C6H11O2.CH3.Sb.H/c1-2-3-4-5-6(7)8;;;/h5H,2-4H2,1H3,(H,7,8);1H3;;. The van der Waals surface area contributed by atoms with Gasteiger partial charge in [0.15, 0.2) is 0 Å². The van der Waals surface area contributed by atoms with E-state index in [9.17, 15) is 4.79 Å². The molecular formula is C7H15O2Sb. The number of hydrogen-bond acceptors (Lipinski definition) is 1. The van der Waals surface area contributed by atoms with Crippen molar-refractivity contribution < 1.29 is 9.90 Å². The second-order valence-corrected chi connectivity index (χ2v) is 5.96. The summed E-state index contributed by atoms with van der Waals surface area (Å²) in [7, 11) is 0. The number of rotatable bonds is 5. The van der Waals surface area contributed by atoms with Gasteiger partial charge in [0.1, 0.15) is 0 Å². The van der Waals surface area contributed by atoms with Crippen molar-refractivity contribution in [3.8, 4) is 0 Å². The van der Waals surface area contributed by atoms with Crippen LogP contribution in [0.5, 0.6) is 0 Å². The molecule has 0 saturated heterocycles. The van der Waals surface area contributed by atoms with Gasteiger partial charge in [0.25, 0.3) is 0 Å². The van der Waals surface area contributed by atoms with Gasteiger partial charge in [-0.2, -0.15) is 0 Å². The molecule has 0 fully saturated rings. The van der Waals surface area contributed by atoms with E-state index in [1.807, 2.05) is 0 Å². The first kappa shape index (κ1) is 10.3. The molecule has 1 N–H and O–H groups in total. The number of carboxylic acids is 1. The molecule has 0 heterocycles. The van der Waals surface area contributed by atoms with Gasteiger partial charge in [0.2, 0.25) is 0 Å². The normalized spacial score (nSPS) is 13.0. The summed E-state index contributed by atoms with van der Waals surface area (Å²) in [6.45, 7) is 2.10. The Balaban J connectivity index is 3.50. The van der Waals surface area contributed by atoms with Crippen molar-refractivity contribution in [2.45, 2.75) is 34.9 Å². The van der Waals surface area contributed by atoms with Crippen LogP contribution in [0.1, 0.15) is 26.2 Å². The van der Waals surface area contributed by atoms with Gasteiger partial charge in [-0.05, 0) is 0 Å². The molecule has 10 heavy (non-hydrogen) atoms. The molecule has 0 amide bonds. The van der Waals surface area contributed by atoms with Crippen LogP contribution in [0.2, 0.25) is 8.73 Å². The third-order valence-corrected chi connectivity index (χ3v) is 5.01. The minimum atomic E-state index is -0.585. The van der Waals surface area contributed by atoms with Crippen molar-refractivity contribution in [1.82, 2.24) is 0 Å². The first-order valence-electron chi connectivity index (χ1n) is 3.62. The van der Waals surface area contributed by atoms with Crippen LogP contribution in [0.15, 0.2) is 0 Å². The molecule has 0 aromatic rings. The molecule has 0 rings (SSSR count).